The van der Waals surface area contributed by atoms with E-state index in [1.54, 1.807) is 0 Å². The quantitative estimate of drug-likeness (QED) is 0.538. The lowest BCUT2D eigenvalue weighted by atomic mass is 10.2. The molecule has 0 fully saturated rings. The molecule has 94 valence electrons. The Labute approximate surface area is 99.6 Å². The van der Waals surface area contributed by atoms with Gasteiger partial charge in [0, 0.05) is 5.56 Å². The Morgan fingerprint density at radius 2 is 2.00 bits per heavy atom. The van der Waals surface area contributed by atoms with Gasteiger partial charge in [0.15, 0.2) is 11.6 Å². The van der Waals surface area contributed by atoms with Gasteiger partial charge in [0.2, 0.25) is 5.82 Å². The van der Waals surface area contributed by atoms with Crippen LogP contribution in [0.15, 0.2) is 12.1 Å². The van der Waals surface area contributed by atoms with Crippen molar-refractivity contribution in [2.75, 3.05) is 6.61 Å². The molecule has 0 amide bonds. The molecule has 0 bridgehead atoms. The molecule has 0 saturated carbocycles. The summed E-state index contributed by atoms with van der Waals surface area (Å²) in [5.41, 5.74) is 0.0764. The molecule has 0 aliphatic rings. The Morgan fingerprint density at radius 3 is 2.65 bits per heavy atom. The molecule has 1 rings (SSSR count). The first-order valence-corrected chi connectivity index (χ1v) is 5.76. The minimum atomic E-state index is -1.06. The summed E-state index contributed by atoms with van der Waals surface area (Å²) < 4.78 is 31.5. The topological polar surface area (TPSA) is 26.3 Å². The van der Waals surface area contributed by atoms with Gasteiger partial charge in [-0.25, -0.2) is 4.39 Å². The van der Waals surface area contributed by atoms with Crippen molar-refractivity contribution >= 4 is 6.29 Å². The van der Waals surface area contributed by atoms with Gasteiger partial charge in [0.05, 0.1) is 6.61 Å². The average molecular weight is 242 g/mol. The number of ether oxygens (including phenoxy) is 1. The molecule has 0 N–H and O–H groups in total. The zero-order valence-electron chi connectivity index (χ0n) is 9.84. The lowest BCUT2D eigenvalue weighted by Gasteiger charge is -2.08. The molecule has 0 radical (unpaired) electrons. The van der Waals surface area contributed by atoms with Crippen LogP contribution < -0.4 is 4.74 Å². The van der Waals surface area contributed by atoms with Crippen LogP contribution in [0.3, 0.4) is 0 Å². The summed E-state index contributed by atoms with van der Waals surface area (Å²) in [5, 5.41) is 0. The predicted octanol–water partition coefficient (Wildman–Crippen LogP) is 3.74. The number of carbonyl (C=O) groups is 1. The fourth-order valence-corrected chi connectivity index (χ4v) is 1.47. The van der Waals surface area contributed by atoms with Gasteiger partial charge in [0.25, 0.3) is 0 Å². The highest BCUT2D eigenvalue weighted by Gasteiger charge is 2.11. The maximum absolute atomic E-state index is 13.3. The van der Waals surface area contributed by atoms with Crippen molar-refractivity contribution in [3.8, 4) is 5.75 Å². The van der Waals surface area contributed by atoms with Gasteiger partial charge in [-0.1, -0.05) is 26.2 Å². The average Bonchev–Trinajstić information content (AvgIpc) is 2.33. The van der Waals surface area contributed by atoms with E-state index in [0.29, 0.717) is 12.9 Å². The van der Waals surface area contributed by atoms with Gasteiger partial charge in [-0.2, -0.15) is 4.39 Å². The first kappa shape index (κ1) is 13.6. The molecule has 4 heteroatoms. The van der Waals surface area contributed by atoms with E-state index >= 15 is 0 Å². The van der Waals surface area contributed by atoms with Crippen molar-refractivity contribution in [2.45, 2.75) is 32.6 Å². The van der Waals surface area contributed by atoms with Crippen molar-refractivity contribution in [2.24, 2.45) is 0 Å². The summed E-state index contributed by atoms with van der Waals surface area (Å²) in [7, 11) is 0. The zero-order valence-corrected chi connectivity index (χ0v) is 9.84. The Kier molecular flexibility index (Phi) is 5.60. The number of hydrogen-bond acceptors (Lipinski definition) is 2. The first-order chi connectivity index (χ1) is 8.19. The number of aldehydes is 1. The number of hydrogen-bond donors (Lipinski definition) is 0. The van der Waals surface area contributed by atoms with Crippen LogP contribution in [-0.4, -0.2) is 12.9 Å². The van der Waals surface area contributed by atoms with Crippen LogP contribution >= 0.6 is 0 Å². The number of unbranched alkanes of at least 4 members (excludes halogenated alkanes) is 3. The van der Waals surface area contributed by atoms with Crippen molar-refractivity contribution < 1.29 is 18.3 Å². The van der Waals surface area contributed by atoms with Crippen LogP contribution in [0.25, 0.3) is 0 Å². The molecule has 1 aromatic carbocycles. The monoisotopic (exact) mass is 242 g/mol. The van der Waals surface area contributed by atoms with E-state index in [0.717, 1.165) is 31.7 Å². The third-order valence-corrected chi connectivity index (χ3v) is 2.41. The Hall–Kier alpha value is -1.45. The van der Waals surface area contributed by atoms with E-state index in [9.17, 15) is 13.6 Å². The SMILES string of the molecule is CCCCCCOc1cc(C=O)cc(F)c1F. The van der Waals surface area contributed by atoms with Crippen LogP contribution in [0.4, 0.5) is 8.78 Å². The largest absolute Gasteiger partial charge is 0.490 e. The fraction of sp³-hybridized carbons (Fsp3) is 0.462. The maximum Gasteiger partial charge on any atom is 0.200 e. The normalized spacial score (nSPS) is 10.3. The van der Waals surface area contributed by atoms with Gasteiger partial charge in [-0.15, -0.1) is 0 Å². The first-order valence-electron chi connectivity index (χ1n) is 5.76. The minimum absolute atomic E-state index is 0.0764. The fourth-order valence-electron chi connectivity index (χ4n) is 1.47. The Bertz CT molecular complexity index is 378. The predicted molar refractivity (Wildman–Crippen MR) is 61.4 cm³/mol. The summed E-state index contributed by atoms with van der Waals surface area (Å²) in [4.78, 5) is 10.5. The molecule has 0 heterocycles. The molecule has 0 aromatic heterocycles. The van der Waals surface area contributed by atoms with Crippen LogP contribution in [-0.2, 0) is 0 Å². The van der Waals surface area contributed by atoms with Crippen LogP contribution in [0.5, 0.6) is 5.75 Å². The molecule has 2 nitrogen and oxygen atoms in total. The van der Waals surface area contributed by atoms with Crippen molar-refractivity contribution in [1.82, 2.24) is 0 Å². The number of carbonyl (C=O) groups excluding carboxylic acids is 1. The molecule has 0 unspecified atom stereocenters. The van der Waals surface area contributed by atoms with E-state index in [2.05, 4.69) is 6.92 Å². The standard InChI is InChI=1S/C13H16F2O2/c1-2-3-4-5-6-17-12-8-10(9-16)7-11(14)13(12)15/h7-9H,2-6H2,1H3. The highest BCUT2D eigenvalue weighted by molar-refractivity contribution is 5.75. The van der Waals surface area contributed by atoms with Crippen molar-refractivity contribution in [3.63, 3.8) is 0 Å². The maximum atomic E-state index is 13.3. The second-order valence-corrected chi connectivity index (χ2v) is 3.84. The lowest BCUT2D eigenvalue weighted by Crippen LogP contribution is -2.02. The summed E-state index contributed by atoms with van der Waals surface area (Å²) in [6, 6.07) is 2.07. The highest BCUT2D eigenvalue weighted by Crippen LogP contribution is 2.21. The summed E-state index contributed by atoms with van der Waals surface area (Å²) in [6.45, 7) is 2.42. The van der Waals surface area contributed by atoms with Gasteiger partial charge in [-0.3, -0.25) is 4.79 Å². The number of halogens is 2. The second-order valence-electron chi connectivity index (χ2n) is 3.84. The van der Waals surface area contributed by atoms with E-state index in [1.807, 2.05) is 0 Å². The number of benzene rings is 1. The third-order valence-electron chi connectivity index (χ3n) is 2.41. The molecule has 0 aliphatic heterocycles. The van der Waals surface area contributed by atoms with Gasteiger partial charge >= 0.3 is 0 Å². The van der Waals surface area contributed by atoms with Crippen molar-refractivity contribution in [1.29, 1.82) is 0 Å². The minimum Gasteiger partial charge on any atom is -0.490 e. The van der Waals surface area contributed by atoms with E-state index in [-0.39, 0.29) is 11.3 Å². The third kappa shape index (κ3) is 4.13. The summed E-state index contributed by atoms with van der Waals surface area (Å²) in [6.07, 6.45) is 4.44. The summed E-state index contributed by atoms with van der Waals surface area (Å²) in [5.74, 6) is -2.28. The zero-order chi connectivity index (χ0) is 12.7. The molecule has 0 saturated heterocycles. The molecule has 0 aliphatic carbocycles. The van der Waals surface area contributed by atoms with Gasteiger partial charge < -0.3 is 4.74 Å². The van der Waals surface area contributed by atoms with E-state index in [1.165, 1.54) is 6.07 Å². The Morgan fingerprint density at radius 1 is 1.24 bits per heavy atom. The van der Waals surface area contributed by atoms with E-state index < -0.39 is 11.6 Å². The molecule has 1 aromatic rings. The smallest absolute Gasteiger partial charge is 0.200 e. The highest BCUT2D eigenvalue weighted by atomic mass is 19.2. The van der Waals surface area contributed by atoms with Crippen LogP contribution in [0, 0.1) is 11.6 Å². The molecule has 0 spiro atoms. The second kappa shape index (κ2) is 6.99. The molecular formula is C13H16F2O2. The number of rotatable bonds is 7. The van der Waals surface area contributed by atoms with Gasteiger partial charge in [-0.05, 0) is 18.6 Å². The van der Waals surface area contributed by atoms with Gasteiger partial charge in [0.1, 0.15) is 6.29 Å². The molecular weight excluding hydrogens is 226 g/mol. The van der Waals surface area contributed by atoms with Crippen LogP contribution in [0.1, 0.15) is 43.0 Å². The summed E-state index contributed by atoms with van der Waals surface area (Å²) >= 11 is 0. The van der Waals surface area contributed by atoms with Crippen molar-refractivity contribution in [3.05, 3.63) is 29.3 Å². The molecule has 17 heavy (non-hydrogen) atoms. The molecule has 0 atom stereocenters. The van der Waals surface area contributed by atoms with E-state index in [4.69, 9.17) is 4.74 Å². The van der Waals surface area contributed by atoms with Crippen LogP contribution in [0.2, 0.25) is 0 Å². The Balaban J connectivity index is 2.57. The lowest BCUT2D eigenvalue weighted by molar-refractivity contribution is 0.112.